The van der Waals surface area contributed by atoms with Crippen molar-refractivity contribution in [2.45, 2.75) is 24.9 Å². The van der Waals surface area contributed by atoms with Gasteiger partial charge in [0.25, 0.3) is 5.91 Å². The SMILES string of the molecule is CS(=O)(=O)CS(=O)(=O)N1CCC(c2nc(C(=O)Nc3ccccc3-c3cccc(C(F)(F)F)c3)cs2)CC1. The average molecular weight is 588 g/mol. The van der Waals surface area contributed by atoms with Crippen LogP contribution < -0.4 is 5.32 Å². The van der Waals surface area contributed by atoms with Crippen molar-refractivity contribution in [3.8, 4) is 11.1 Å². The molecule has 0 saturated carbocycles. The summed E-state index contributed by atoms with van der Waals surface area (Å²) in [5, 5.41) is 4.02. The van der Waals surface area contributed by atoms with Crippen molar-refractivity contribution >= 4 is 42.8 Å². The molecule has 0 unspecified atom stereocenters. The highest BCUT2D eigenvalue weighted by molar-refractivity contribution is 8.06. The zero-order chi connectivity index (χ0) is 27.7. The van der Waals surface area contributed by atoms with Gasteiger partial charge in [0.2, 0.25) is 10.0 Å². The highest BCUT2D eigenvalue weighted by Crippen LogP contribution is 2.35. The number of hydrogen-bond donors (Lipinski definition) is 1. The highest BCUT2D eigenvalue weighted by atomic mass is 32.3. The van der Waals surface area contributed by atoms with Crippen LogP contribution in [0.1, 0.15) is 39.8 Å². The second kappa shape index (κ2) is 10.8. The minimum atomic E-state index is -4.50. The van der Waals surface area contributed by atoms with E-state index in [-0.39, 0.29) is 24.7 Å². The molecule has 2 aromatic carbocycles. The van der Waals surface area contributed by atoms with Gasteiger partial charge in [0, 0.05) is 41.9 Å². The Hall–Kier alpha value is -2.81. The van der Waals surface area contributed by atoms with Crippen molar-refractivity contribution in [2.24, 2.45) is 0 Å². The van der Waals surface area contributed by atoms with Crippen molar-refractivity contribution in [1.29, 1.82) is 0 Å². The normalized spacial score (nSPS) is 15.9. The maximum absolute atomic E-state index is 13.2. The number of benzene rings is 2. The van der Waals surface area contributed by atoms with Crippen molar-refractivity contribution in [1.82, 2.24) is 9.29 Å². The summed E-state index contributed by atoms with van der Waals surface area (Å²) >= 11 is 1.26. The molecular formula is C24H24F3N3O5S3. The Kier molecular flexibility index (Phi) is 7.98. The summed E-state index contributed by atoms with van der Waals surface area (Å²) in [6, 6.07) is 11.4. The van der Waals surface area contributed by atoms with Crippen LogP contribution >= 0.6 is 11.3 Å². The molecule has 1 fully saturated rings. The van der Waals surface area contributed by atoms with Gasteiger partial charge in [0.15, 0.2) is 14.9 Å². The molecule has 0 bridgehead atoms. The first-order valence-corrected chi connectivity index (χ1v) is 16.0. The molecule has 204 valence electrons. The lowest BCUT2D eigenvalue weighted by molar-refractivity contribution is -0.137. The summed E-state index contributed by atoms with van der Waals surface area (Å²) in [4.78, 5) is 17.4. The lowest BCUT2D eigenvalue weighted by Gasteiger charge is -2.30. The summed E-state index contributed by atoms with van der Waals surface area (Å²) in [7, 11) is -7.62. The monoisotopic (exact) mass is 587 g/mol. The Morgan fingerprint density at radius 3 is 2.42 bits per heavy atom. The summed E-state index contributed by atoms with van der Waals surface area (Å²) in [6.07, 6.45) is -2.78. The molecule has 0 aliphatic carbocycles. The number of sulfone groups is 1. The number of nitrogens with zero attached hydrogens (tertiary/aromatic N) is 2. The fourth-order valence-corrected chi connectivity index (χ4v) is 8.70. The molecule has 14 heteroatoms. The van der Waals surface area contributed by atoms with Crippen LogP contribution in [0, 0.1) is 0 Å². The Labute approximate surface area is 222 Å². The van der Waals surface area contributed by atoms with E-state index in [0.717, 1.165) is 22.7 Å². The van der Waals surface area contributed by atoms with Gasteiger partial charge in [-0.25, -0.2) is 26.1 Å². The van der Waals surface area contributed by atoms with Crippen LogP contribution in [0.4, 0.5) is 18.9 Å². The van der Waals surface area contributed by atoms with E-state index in [9.17, 15) is 34.8 Å². The van der Waals surface area contributed by atoms with Crippen LogP contribution in [0.3, 0.4) is 0 Å². The molecule has 38 heavy (non-hydrogen) atoms. The predicted octanol–water partition coefficient (Wildman–Crippen LogP) is 4.59. The third kappa shape index (κ3) is 6.79. The van der Waals surface area contributed by atoms with Crippen LogP contribution in [-0.2, 0) is 26.0 Å². The topological polar surface area (TPSA) is 114 Å². The molecule has 3 aromatic rings. The predicted molar refractivity (Wildman–Crippen MR) is 139 cm³/mol. The molecule has 1 aliphatic heterocycles. The summed E-state index contributed by atoms with van der Waals surface area (Å²) in [5.41, 5.74) is 0.388. The van der Waals surface area contributed by atoms with Crippen molar-refractivity contribution in [2.75, 3.05) is 29.7 Å². The number of carbonyl (C=O) groups excluding carboxylic acids is 1. The van der Waals surface area contributed by atoms with Crippen molar-refractivity contribution in [3.63, 3.8) is 0 Å². The van der Waals surface area contributed by atoms with Crippen molar-refractivity contribution in [3.05, 3.63) is 70.2 Å². The van der Waals surface area contributed by atoms with E-state index in [1.807, 2.05) is 0 Å². The van der Waals surface area contributed by atoms with E-state index in [1.165, 1.54) is 23.5 Å². The zero-order valence-electron chi connectivity index (χ0n) is 20.1. The third-order valence-electron chi connectivity index (χ3n) is 5.99. The number of alkyl halides is 3. The number of amides is 1. The molecule has 0 atom stereocenters. The third-order valence-corrected chi connectivity index (χ3v) is 11.1. The van der Waals surface area contributed by atoms with Crippen LogP contribution in [0.15, 0.2) is 53.9 Å². The van der Waals surface area contributed by atoms with Gasteiger partial charge in [-0.3, -0.25) is 4.79 Å². The van der Waals surface area contributed by atoms with Gasteiger partial charge in [0.05, 0.1) is 10.6 Å². The second-order valence-corrected chi connectivity index (χ2v) is 14.3. The first-order valence-electron chi connectivity index (χ1n) is 11.4. The Morgan fingerprint density at radius 1 is 1.08 bits per heavy atom. The molecule has 4 rings (SSSR count). The Balaban J connectivity index is 1.45. The molecule has 1 amide bonds. The molecular weight excluding hydrogens is 563 g/mol. The maximum atomic E-state index is 13.2. The lowest BCUT2D eigenvalue weighted by atomic mass is 9.99. The Morgan fingerprint density at radius 2 is 1.76 bits per heavy atom. The number of nitrogens with one attached hydrogen (secondary N) is 1. The van der Waals surface area contributed by atoms with Gasteiger partial charge < -0.3 is 5.32 Å². The molecule has 1 aliphatic rings. The number of rotatable bonds is 7. The number of aromatic nitrogens is 1. The van der Waals surface area contributed by atoms with Gasteiger partial charge >= 0.3 is 6.18 Å². The molecule has 1 N–H and O–H groups in total. The van der Waals surface area contributed by atoms with Crippen molar-refractivity contribution < 1.29 is 34.8 Å². The summed E-state index contributed by atoms with van der Waals surface area (Å²) < 4.78 is 88.2. The van der Waals surface area contributed by atoms with E-state index in [1.54, 1.807) is 29.6 Å². The number of sulfonamides is 1. The second-order valence-electron chi connectivity index (χ2n) is 8.98. The smallest absolute Gasteiger partial charge is 0.320 e. The van der Waals surface area contributed by atoms with Gasteiger partial charge in [-0.2, -0.15) is 13.2 Å². The standard InChI is InChI=1S/C24H24F3N3O5S3/c1-37(32,33)15-38(34,35)30-11-9-16(10-12-30)23-29-21(14-36-23)22(31)28-20-8-3-2-7-19(20)17-5-4-6-18(13-17)24(25,26)27/h2-8,13-14,16H,9-12,15H2,1H3,(H,28,31). The zero-order valence-corrected chi connectivity index (χ0v) is 22.6. The van der Waals surface area contributed by atoms with E-state index < -0.39 is 42.6 Å². The number of anilines is 1. The lowest BCUT2D eigenvalue weighted by Crippen LogP contribution is -2.40. The molecule has 0 spiro atoms. The molecule has 0 radical (unpaired) electrons. The van der Waals surface area contributed by atoms with E-state index in [0.29, 0.717) is 34.7 Å². The molecule has 1 saturated heterocycles. The number of piperidine rings is 1. The van der Waals surface area contributed by atoms with E-state index >= 15 is 0 Å². The largest absolute Gasteiger partial charge is 0.416 e. The average Bonchev–Trinajstić information content (AvgIpc) is 3.33. The fraction of sp³-hybridized carbons (Fsp3) is 0.333. The molecule has 1 aromatic heterocycles. The van der Waals surface area contributed by atoms with Gasteiger partial charge in [0.1, 0.15) is 5.69 Å². The number of hydrogen-bond acceptors (Lipinski definition) is 7. The van der Waals surface area contributed by atoms with Gasteiger partial charge in [-0.1, -0.05) is 30.3 Å². The van der Waals surface area contributed by atoms with Crippen LogP contribution in [0.25, 0.3) is 11.1 Å². The molecule has 2 heterocycles. The van der Waals surface area contributed by atoms with Crippen LogP contribution in [0.5, 0.6) is 0 Å². The fourth-order valence-electron chi connectivity index (χ4n) is 4.20. The van der Waals surface area contributed by atoms with E-state index in [4.69, 9.17) is 0 Å². The maximum Gasteiger partial charge on any atom is 0.416 e. The van der Waals surface area contributed by atoms with Gasteiger partial charge in [-0.05, 0) is 36.6 Å². The van der Waals surface area contributed by atoms with Crippen LogP contribution in [0.2, 0.25) is 0 Å². The van der Waals surface area contributed by atoms with E-state index in [2.05, 4.69) is 10.3 Å². The minimum absolute atomic E-state index is 0.0939. The first-order chi connectivity index (χ1) is 17.7. The number of para-hydroxylation sites is 1. The van der Waals surface area contributed by atoms with Crippen LogP contribution in [-0.4, -0.2) is 56.5 Å². The minimum Gasteiger partial charge on any atom is -0.320 e. The number of halogens is 3. The molecule has 8 nitrogen and oxygen atoms in total. The number of thiazole rings is 1. The highest BCUT2D eigenvalue weighted by Gasteiger charge is 2.33. The first kappa shape index (κ1) is 28.2. The summed E-state index contributed by atoms with van der Waals surface area (Å²) in [6.45, 7) is 0.294. The quantitative estimate of drug-likeness (QED) is 0.433. The number of carbonyl (C=O) groups is 1. The van der Waals surface area contributed by atoms with Gasteiger partial charge in [-0.15, -0.1) is 11.3 Å². The Bertz CT molecular complexity index is 1550. The summed E-state index contributed by atoms with van der Waals surface area (Å²) in [5.74, 6) is -0.622.